The van der Waals surface area contributed by atoms with Gasteiger partial charge in [-0.25, -0.2) is 0 Å². The molecule has 2 rings (SSSR count). The Morgan fingerprint density at radius 2 is 2.17 bits per heavy atom. The summed E-state index contributed by atoms with van der Waals surface area (Å²) >= 11 is 0. The van der Waals surface area contributed by atoms with Crippen LogP contribution in [0.5, 0.6) is 0 Å². The van der Waals surface area contributed by atoms with Crippen LogP contribution >= 0.6 is 24.0 Å². The minimum atomic E-state index is 0. The minimum absolute atomic E-state index is 0. The molecule has 2 N–H and O–H groups in total. The molecule has 1 aliphatic heterocycles. The molecule has 0 radical (unpaired) electrons. The molecule has 24 heavy (non-hydrogen) atoms. The van der Waals surface area contributed by atoms with Gasteiger partial charge in [-0.15, -0.1) is 24.0 Å². The first kappa shape index (κ1) is 21.2. The number of furan rings is 1. The molecule has 2 atom stereocenters. The maximum atomic E-state index is 5.64. The summed E-state index contributed by atoms with van der Waals surface area (Å²) in [4.78, 5) is 6.68. The minimum Gasteiger partial charge on any atom is -0.468 e. The number of ether oxygens (including phenoxy) is 1. The normalized spacial score (nSPS) is 19.2. The number of likely N-dealkylation sites (N-methyl/N-ethyl adjacent to an activating group) is 1. The number of rotatable bonds is 8. The van der Waals surface area contributed by atoms with Gasteiger partial charge in [0.05, 0.1) is 18.4 Å². The van der Waals surface area contributed by atoms with E-state index >= 15 is 0 Å². The Bertz CT molecular complexity index is 457. The fourth-order valence-electron chi connectivity index (χ4n) is 2.98. The van der Waals surface area contributed by atoms with Crippen LogP contribution in [0.15, 0.2) is 27.8 Å². The first-order valence-corrected chi connectivity index (χ1v) is 8.62. The summed E-state index contributed by atoms with van der Waals surface area (Å²) in [6.07, 6.45) is 4.31. The van der Waals surface area contributed by atoms with Gasteiger partial charge in [0.1, 0.15) is 5.76 Å². The summed E-state index contributed by atoms with van der Waals surface area (Å²) < 4.78 is 11.3. The molecule has 1 saturated heterocycles. The van der Waals surface area contributed by atoms with Crippen LogP contribution in [0, 0.1) is 0 Å². The van der Waals surface area contributed by atoms with Crippen molar-refractivity contribution >= 4 is 29.9 Å². The zero-order chi connectivity index (χ0) is 16.5. The standard InChI is InChI=1S/C17H30N4O2.HI/c1-4-21(5-2)15(16-9-7-11-23-16)13-20-17(18-3)19-12-14-8-6-10-22-14;/h7,9,11,14-15H,4-6,8,10,12-13H2,1-3H3,(H2,18,19,20);1H. The number of halogens is 1. The Morgan fingerprint density at radius 1 is 1.38 bits per heavy atom. The summed E-state index contributed by atoms with van der Waals surface area (Å²) in [7, 11) is 1.80. The molecule has 0 amide bonds. The molecule has 1 aromatic rings. The summed E-state index contributed by atoms with van der Waals surface area (Å²) in [5, 5.41) is 6.76. The van der Waals surface area contributed by atoms with Crippen LogP contribution < -0.4 is 10.6 Å². The molecule has 0 bridgehead atoms. The molecule has 1 aromatic heterocycles. The molecule has 2 unspecified atom stereocenters. The van der Waals surface area contributed by atoms with Gasteiger partial charge in [0, 0.05) is 26.7 Å². The Balaban J connectivity index is 0.00000288. The smallest absolute Gasteiger partial charge is 0.191 e. The third kappa shape index (κ3) is 6.25. The molecule has 0 saturated carbocycles. The van der Waals surface area contributed by atoms with Crippen molar-refractivity contribution in [3.8, 4) is 0 Å². The van der Waals surface area contributed by atoms with Crippen molar-refractivity contribution in [3.05, 3.63) is 24.2 Å². The van der Waals surface area contributed by atoms with E-state index in [1.807, 2.05) is 12.1 Å². The van der Waals surface area contributed by atoms with Crippen LogP contribution in [0.2, 0.25) is 0 Å². The van der Waals surface area contributed by atoms with Crippen molar-refractivity contribution in [2.24, 2.45) is 4.99 Å². The highest BCUT2D eigenvalue weighted by Crippen LogP contribution is 2.20. The van der Waals surface area contributed by atoms with Crippen molar-refractivity contribution in [2.75, 3.05) is 39.8 Å². The Hall–Kier alpha value is -0.800. The van der Waals surface area contributed by atoms with E-state index < -0.39 is 0 Å². The van der Waals surface area contributed by atoms with Crippen LogP contribution in [-0.4, -0.2) is 56.8 Å². The van der Waals surface area contributed by atoms with Gasteiger partial charge in [-0.3, -0.25) is 9.89 Å². The number of guanidine groups is 1. The van der Waals surface area contributed by atoms with Gasteiger partial charge in [0.15, 0.2) is 5.96 Å². The van der Waals surface area contributed by atoms with Gasteiger partial charge >= 0.3 is 0 Å². The number of nitrogens with one attached hydrogen (secondary N) is 2. The Labute approximate surface area is 162 Å². The van der Waals surface area contributed by atoms with Gasteiger partial charge in [0.2, 0.25) is 0 Å². The van der Waals surface area contributed by atoms with E-state index in [1.165, 1.54) is 0 Å². The highest BCUT2D eigenvalue weighted by atomic mass is 127. The lowest BCUT2D eigenvalue weighted by Gasteiger charge is -2.29. The lowest BCUT2D eigenvalue weighted by molar-refractivity contribution is 0.113. The summed E-state index contributed by atoms with van der Waals surface area (Å²) in [5.74, 6) is 1.79. The number of aliphatic imine (C=N–C) groups is 1. The second-order valence-electron chi connectivity index (χ2n) is 5.72. The van der Waals surface area contributed by atoms with Crippen LogP contribution in [0.4, 0.5) is 0 Å². The Morgan fingerprint density at radius 3 is 2.71 bits per heavy atom. The quantitative estimate of drug-likeness (QED) is 0.362. The zero-order valence-corrected chi connectivity index (χ0v) is 17.3. The van der Waals surface area contributed by atoms with Crippen molar-refractivity contribution < 1.29 is 9.15 Å². The van der Waals surface area contributed by atoms with E-state index in [1.54, 1.807) is 13.3 Å². The van der Waals surface area contributed by atoms with E-state index in [9.17, 15) is 0 Å². The first-order valence-electron chi connectivity index (χ1n) is 8.62. The molecular formula is C17H31IN4O2. The monoisotopic (exact) mass is 450 g/mol. The van der Waals surface area contributed by atoms with Crippen molar-refractivity contribution in [1.29, 1.82) is 0 Å². The van der Waals surface area contributed by atoms with E-state index in [2.05, 4.69) is 34.4 Å². The molecule has 0 aliphatic carbocycles. The van der Waals surface area contributed by atoms with Gasteiger partial charge in [-0.05, 0) is 38.1 Å². The molecular weight excluding hydrogens is 419 g/mol. The first-order chi connectivity index (χ1) is 11.3. The highest BCUT2D eigenvalue weighted by molar-refractivity contribution is 14.0. The van der Waals surface area contributed by atoms with Gasteiger partial charge in [0.25, 0.3) is 0 Å². The van der Waals surface area contributed by atoms with Crippen LogP contribution in [-0.2, 0) is 4.74 Å². The van der Waals surface area contributed by atoms with Gasteiger partial charge in [-0.1, -0.05) is 13.8 Å². The van der Waals surface area contributed by atoms with Crippen LogP contribution in [0.1, 0.15) is 38.5 Å². The van der Waals surface area contributed by atoms with Crippen LogP contribution in [0.3, 0.4) is 0 Å². The largest absolute Gasteiger partial charge is 0.468 e. The lowest BCUT2D eigenvalue weighted by Crippen LogP contribution is -2.45. The third-order valence-corrected chi connectivity index (χ3v) is 4.33. The summed E-state index contributed by atoms with van der Waals surface area (Å²) in [6.45, 7) is 8.72. The fraction of sp³-hybridized carbons (Fsp3) is 0.706. The molecule has 6 nitrogen and oxygen atoms in total. The van der Waals surface area contributed by atoms with E-state index in [-0.39, 0.29) is 30.0 Å². The molecule has 0 spiro atoms. The van der Waals surface area contributed by atoms with Crippen molar-refractivity contribution in [1.82, 2.24) is 15.5 Å². The van der Waals surface area contributed by atoms with E-state index in [0.717, 1.165) is 57.3 Å². The topological polar surface area (TPSA) is 62.0 Å². The number of nitrogens with zero attached hydrogens (tertiary/aromatic N) is 2. The zero-order valence-electron chi connectivity index (χ0n) is 15.0. The molecule has 7 heteroatoms. The molecule has 2 heterocycles. The van der Waals surface area contributed by atoms with E-state index in [0.29, 0.717) is 6.10 Å². The lowest BCUT2D eigenvalue weighted by atomic mass is 10.2. The molecule has 138 valence electrons. The predicted octanol–water partition coefficient (Wildman–Crippen LogP) is 2.62. The average molecular weight is 450 g/mol. The molecule has 1 fully saturated rings. The van der Waals surface area contributed by atoms with Crippen LogP contribution in [0.25, 0.3) is 0 Å². The molecule has 0 aromatic carbocycles. The summed E-state index contributed by atoms with van der Waals surface area (Å²) in [6, 6.07) is 4.17. The second kappa shape index (κ2) is 11.7. The predicted molar refractivity (Wildman–Crippen MR) is 108 cm³/mol. The third-order valence-electron chi connectivity index (χ3n) is 4.33. The summed E-state index contributed by atoms with van der Waals surface area (Å²) in [5.41, 5.74) is 0. The van der Waals surface area contributed by atoms with Crippen molar-refractivity contribution in [3.63, 3.8) is 0 Å². The highest BCUT2D eigenvalue weighted by Gasteiger charge is 2.21. The molecule has 1 aliphatic rings. The average Bonchev–Trinajstić information content (AvgIpc) is 3.27. The maximum absolute atomic E-state index is 5.64. The van der Waals surface area contributed by atoms with E-state index in [4.69, 9.17) is 9.15 Å². The Kier molecular flexibility index (Phi) is 10.4. The number of hydrogen-bond acceptors (Lipinski definition) is 4. The van der Waals surface area contributed by atoms with Gasteiger partial charge in [-0.2, -0.15) is 0 Å². The number of hydrogen-bond donors (Lipinski definition) is 2. The van der Waals surface area contributed by atoms with Gasteiger partial charge < -0.3 is 19.8 Å². The SMILES string of the molecule is CCN(CC)C(CNC(=NC)NCC1CCCO1)c1ccco1.I. The maximum Gasteiger partial charge on any atom is 0.191 e. The second-order valence-corrected chi connectivity index (χ2v) is 5.72. The van der Waals surface area contributed by atoms with Crippen molar-refractivity contribution in [2.45, 2.75) is 38.8 Å². The fourth-order valence-corrected chi connectivity index (χ4v) is 2.98.